The molecule has 0 bridgehead atoms. The van der Waals surface area contributed by atoms with E-state index in [0.717, 1.165) is 5.75 Å². The largest absolute Gasteiger partial charge is 0.394 e. The number of aliphatic hydroxyl groups excluding tert-OH is 4. The molecule has 1 rings (SSSR count). The van der Waals surface area contributed by atoms with Crippen molar-refractivity contribution in [3.8, 4) is 0 Å². The Kier molecular flexibility index (Phi) is 5.98. The van der Waals surface area contributed by atoms with E-state index in [9.17, 15) is 15.3 Å². The molecule has 96 valence electrons. The third-order valence-electron chi connectivity index (χ3n) is 2.42. The third-order valence-corrected chi connectivity index (χ3v) is 2.99. The van der Waals surface area contributed by atoms with Crippen LogP contribution in [-0.4, -0.2) is 76.4 Å². The Labute approximate surface area is 98.2 Å². The van der Waals surface area contributed by atoms with Crippen molar-refractivity contribution in [1.29, 1.82) is 0 Å². The maximum atomic E-state index is 9.57. The van der Waals surface area contributed by atoms with Crippen molar-refractivity contribution >= 4 is 11.8 Å². The molecule has 6 nitrogen and oxygen atoms in total. The Morgan fingerprint density at radius 1 is 1.19 bits per heavy atom. The van der Waals surface area contributed by atoms with Gasteiger partial charge in [0.2, 0.25) is 0 Å². The quantitative estimate of drug-likeness (QED) is 0.428. The molecule has 1 aliphatic heterocycles. The van der Waals surface area contributed by atoms with Gasteiger partial charge in [0.25, 0.3) is 0 Å². The van der Waals surface area contributed by atoms with Crippen LogP contribution in [0, 0.1) is 0 Å². The van der Waals surface area contributed by atoms with Crippen molar-refractivity contribution in [1.82, 2.24) is 0 Å². The first-order valence-electron chi connectivity index (χ1n) is 5.03. The molecule has 0 saturated carbocycles. The monoisotopic (exact) mass is 254 g/mol. The second kappa shape index (κ2) is 6.75. The number of aliphatic hydroxyl groups is 4. The van der Waals surface area contributed by atoms with Crippen molar-refractivity contribution in [2.45, 2.75) is 30.7 Å². The van der Waals surface area contributed by atoms with Gasteiger partial charge in [0.1, 0.15) is 24.4 Å². The standard InChI is InChI=1S/C9H18O6S/c1-16-3-2-14-9-8(13)7(12)6(11)5(4-10)15-9/h5-13H,2-4H2,1H3/t5?,6-,7?,8+,9-/m1/s1. The summed E-state index contributed by atoms with van der Waals surface area (Å²) in [6.45, 7) is -0.0722. The molecule has 2 unspecified atom stereocenters. The van der Waals surface area contributed by atoms with Gasteiger partial charge in [0.15, 0.2) is 6.29 Å². The van der Waals surface area contributed by atoms with Gasteiger partial charge < -0.3 is 29.9 Å². The molecule has 0 aromatic carbocycles. The summed E-state index contributed by atoms with van der Waals surface area (Å²) >= 11 is 1.58. The van der Waals surface area contributed by atoms with E-state index < -0.39 is 37.3 Å². The lowest BCUT2D eigenvalue weighted by atomic mass is 9.99. The number of hydrogen-bond donors (Lipinski definition) is 4. The minimum Gasteiger partial charge on any atom is -0.394 e. The van der Waals surface area contributed by atoms with E-state index in [2.05, 4.69) is 0 Å². The van der Waals surface area contributed by atoms with Gasteiger partial charge in [0, 0.05) is 5.75 Å². The Morgan fingerprint density at radius 3 is 2.44 bits per heavy atom. The number of hydrogen-bond acceptors (Lipinski definition) is 7. The first-order chi connectivity index (χ1) is 7.61. The second-order valence-corrected chi connectivity index (χ2v) is 4.55. The van der Waals surface area contributed by atoms with Crippen molar-refractivity contribution in [2.75, 3.05) is 25.2 Å². The summed E-state index contributed by atoms with van der Waals surface area (Å²) in [6.07, 6.45) is -4.01. The molecule has 4 N–H and O–H groups in total. The molecule has 0 radical (unpaired) electrons. The van der Waals surface area contributed by atoms with E-state index in [4.69, 9.17) is 14.6 Å². The Balaban J connectivity index is 2.50. The summed E-state index contributed by atoms with van der Waals surface area (Å²) < 4.78 is 10.3. The summed E-state index contributed by atoms with van der Waals surface area (Å²) in [5, 5.41) is 37.4. The van der Waals surface area contributed by atoms with Crippen LogP contribution in [0.1, 0.15) is 0 Å². The van der Waals surface area contributed by atoms with Crippen LogP contribution >= 0.6 is 11.8 Å². The highest BCUT2D eigenvalue weighted by Gasteiger charge is 2.43. The van der Waals surface area contributed by atoms with Crippen molar-refractivity contribution in [2.24, 2.45) is 0 Å². The zero-order chi connectivity index (χ0) is 12.1. The lowest BCUT2D eigenvalue weighted by Gasteiger charge is -2.39. The highest BCUT2D eigenvalue weighted by molar-refractivity contribution is 7.98. The Bertz CT molecular complexity index is 202. The van der Waals surface area contributed by atoms with Gasteiger partial charge in [-0.2, -0.15) is 11.8 Å². The molecule has 0 aromatic heterocycles. The molecule has 1 aliphatic rings. The smallest absolute Gasteiger partial charge is 0.186 e. The molecule has 0 aromatic rings. The predicted molar refractivity (Wildman–Crippen MR) is 58.1 cm³/mol. The molecule has 1 fully saturated rings. The maximum absolute atomic E-state index is 9.57. The SMILES string of the molecule is CSCCO[C@@H]1OC(CO)[C@@H](O)C(O)[C@@H]1O. The molecule has 16 heavy (non-hydrogen) atoms. The van der Waals surface area contributed by atoms with Gasteiger partial charge >= 0.3 is 0 Å². The lowest BCUT2D eigenvalue weighted by Crippen LogP contribution is -2.59. The predicted octanol–water partition coefficient (Wildman–Crippen LogP) is -1.83. The fourth-order valence-corrected chi connectivity index (χ4v) is 1.72. The summed E-state index contributed by atoms with van der Waals surface area (Å²) in [6, 6.07) is 0. The summed E-state index contributed by atoms with van der Waals surface area (Å²) in [5.41, 5.74) is 0. The van der Waals surface area contributed by atoms with Crippen LogP contribution in [0.15, 0.2) is 0 Å². The van der Waals surface area contributed by atoms with E-state index in [1.165, 1.54) is 0 Å². The highest BCUT2D eigenvalue weighted by Crippen LogP contribution is 2.21. The minimum atomic E-state index is -1.37. The first-order valence-corrected chi connectivity index (χ1v) is 6.42. The molecule has 1 heterocycles. The maximum Gasteiger partial charge on any atom is 0.186 e. The van der Waals surface area contributed by atoms with Gasteiger partial charge in [-0.1, -0.05) is 0 Å². The molecular formula is C9H18O6S. The van der Waals surface area contributed by atoms with Gasteiger partial charge in [0.05, 0.1) is 13.2 Å². The molecule has 0 spiro atoms. The summed E-state index contributed by atoms with van der Waals surface area (Å²) in [4.78, 5) is 0. The molecule has 0 amide bonds. The van der Waals surface area contributed by atoms with Gasteiger partial charge in [-0.3, -0.25) is 0 Å². The van der Waals surface area contributed by atoms with E-state index in [0.29, 0.717) is 6.61 Å². The Hall–Kier alpha value is 0.110. The summed E-state index contributed by atoms with van der Waals surface area (Å²) in [5.74, 6) is 0.731. The normalized spacial score (nSPS) is 39.9. The highest BCUT2D eigenvalue weighted by atomic mass is 32.2. The number of thioether (sulfide) groups is 1. The molecular weight excluding hydrogens is 236 g/mol. The van der Waals surface area contributed by atoms with Crippen molar-refractivity contribution in [3.05, 3.63) is 0 Å². The van der Waals surface area contributed by atoms with Crippen LogP contribution in [-0.2, 0) is 9.47 Å². The van der Waals surface area contributed by atoms with Crippen LogP contribution in [0.5, 0.6) is 0 Å². The van der Waals surface area contributed by atoms with Crippen LogP contribution in [0.25, 0.3) is 0 Å². The second-order valence-electron chi connectivity index (χ2n) is 3.56. The van der Waals surface area contributed by atoms with Crippen LogP contribution < -0.4 is 0 Å². The zero-order valence-electron chi connectivity index (χ0n) is 9.02. The van der Waals surface area contributed by atoms with Crippen LogP contribution in [0.4, 0.5) is 0 Å². The fraction of sp³-hybridized carbons (Fsp3) is 1.00. The van der Waals surface area contributed by atoms with E-state index in [1.807, 2.05) is 6.26 Å². The minimum absolute atomic E-state index is 0.365. The fourth-order valence-electron chi connectivity index (χ4n) is 1.45. The van der Waals surface area contributed by atoms with E-state index in [-0.39, 0.29) is 0 Å². The van der Waals surface area contributed by atoms with Gasteiger partial charge in [-0.25, -0.2) is 0 Å². The topological polar surface area (TPSA) is 99.4 Å². The van der Waals surface area contributed by atoms with Crippen LogP contribution in [0.2, 0.25) is 0 Å². The molecule has 5 atom stereocenters. The molecule has 0 aliphatic carbocycles. The van der Waals surface area contributed by atoms with Crippen LogP contribution in [0.3, 0.4) is 0 Å². The van der Waals surface area contributed by atoms with Gasteiger partial charge in [-0.15, -0.1) is 0 Å². The number of rotatable bonds is 5. The molecule has 7 heteroatoms. The van der Waals surface area contributed by atoms with Crippen molar-refractivity contribution < 1.29 is 29.9 Å². The Morgan fingerprint density at radius 2 is 1.88 bits per heavy atom. The van der Waals surface area contributed by atoms with E-state index in [1.54, 1.807) is 11.8 Å². The average Bonchev–Trinajstić information content (AvgIpc) is 2.29. The third kappa shape index (κ3) is 3.30. The first kappa shape index (κ1) is 14.2. The number of ether oxygens (including phenoxy) is 2. The van der Waals surface area contributed by atoms with E-state index >= 15 is 0 Å². The average molecular weight is 254 g/mol. The zero-order valence-corrected chi connectivity index (χ0v) is 9.84. The molecule has 1 saturated heterocycles. The van der Waals surface area contributed by atoms with Gasteiger partial charge in [-0.05, 0) is 6.26 Å². The van der Waals surface area contributed by atoms with Crippen molar-refractivity contribution in [3.63, 3.8) is 0 Å². The summed E-state index contributed by atoms with van der Waals surface area (Å²) in [7, 11) is 0. The lowest BCUT2D eigenvalue weighted by molar-refractivity contribution is -0.299.